The molecule has 0 aliphatic rings. The maximum absolute atomic E-state index is 11.2. The first-order valence-electron chi connectivity index (χ1n) is 4.19. The van der Waals surface area contributed by atoms with E-state index in [1.807, 2.05) is 0 Å². The topological polar surface area (TPSA) is 64.1 Å². The Bertz CT molecular complexity index is 339. The third kappa shape index (κ3) is 4.42. The molecule has 15 heavy (non-hydrogen) atoms. The number of rotatable bonds is 4. The standard InChI is InChI=1S/C8H9Cl2N3O2/c1-2-15-4-7(14)12-6-3-5(9)11-8(10)13-6/h3H,2,4H2,1H3,(H,11,12,13,14). The van der Waals surface area contributed by atoms with Crippen LogP contribution in [0, 0.1) is 0 Å². The van der Waals surface area contributed by atoms with Crippen LogP contribution in [0.4, 0.5) is 5.82 Å². The van der Waals surface area contributed by atoms with Crippen LogP contribution in [0.15, 0.2) is 6.07 Å². The van der Waals surface area contributed by atoms with Crippen molar-refractivity contribution in [1.82, 2.24) is 9.97 Å². The molecule has 1 rings (SSSR count). The van der Waals surface area contributed by atoms with Crippen LogP contribution in [0.3, 0.4) is 0 Å². The van der Waals surface area contributed by atoms with Gasteiger partial charge in [-0.05, 0) is 18.5 Å². The fraction of sp³-hybridized carbons (Fsp3) is 0.375. The molecular formula is C8H9Cl2N3O2. The van der Waals surface area contributed by atoms with Gasteiger partial charge in [0, 0.05) is 12.7 Å². The van der Waals surface area contributed by atoms with E-state index in [0.29, 0.717) is 6.61 Å². The lowest BCUT2D eigenvalue weighted by Gasteiger charge is -2.04. The van der Waals surface area contributed by atoms with Crippen molar-refractivity contribution in [2.24, 2.45) is 0 Å². The summed E-state index contributed by atoms with van der Waals surface area (Å²) in [5.74, 6) is -0.0626. The van der Waals surface area contributed by atoms with Gasteiger partial charge in [-0.2, -0.15) is 0 Å². The van der Waals surface area contributed by atoms with Crippen molar-refractivity contribution in [2.45, 2.75) is 6.92 Å². The van der Waals surface area contributed by atoms with Gasteiger partial charge in [0.05, 0.1) is 0 Å². The maximum atomic E-state index is 11.2. The summed E-state index contributed by atoms with van der Waals surface area (Å²) >= 11 is 11.2. The molecule has 1 aromatic rings. The second kappa shape index (κ2) is 5.85. The summed E-state index contributed by atoms with van der Waals surface area (Å²) in [6, 6.07) is 1.40. The maximum Gasteiger partial charge on any atom is 0.251 e. The summed E-state index contributed by atoms with van der Waals surface area (Å²) in [5.41, 5.74) is 0. The highest BCUT2D eigenvalue weighted by Gasteiger charge is 2.05. The minimum atomic E-state index is -0.317. The number of halogens is 2. The van der Waals surface area contributed by atoms with Crippen molar-refractivity contribution in [3.63, 3.8) is 0 Å². The second-order valence-electron chi connectivity index (χ2n) is 2.53. The van der Waals surface area contributed by atoms with E-state index in [-0.39, 0.29) is 28.8 Å². The fourth-order valence-electron chi connectivity index (χ4n) is 0.828. The highest BCUT2D eigenvalue weighted by molar-refractivity contribution is 6.32. The first-order valence-corrected chi connectivity index (χ1v) is 4.95. The average Bonchev–Trinajstić information content (AvgIpc) is 2.13. The highest BCUT2D eigenvalue weighted by Crippen LogP contribution is 2.13. The van der Waals surface area contributed by atoms with Crippen molar-refractivity contribution in [2.75, 3.05) is 18.5 Å². The van der Waals surface area contributed by atoms with Crippen LogP contribution in [-0.2, 0) is 9.53 Å². The molecule has 0 fully saturated rings. The molecule has 0 atom stereocenters. The molecule has 1 N–H and O–H groups in total. The van der Waals surface area contributed by atoms with Crippen molar-refractivity contribution in [1.29, 1.82) is 0 Å². The molecular weight excluding hydrogens is 241 g/mol. The number of aromatic nitrogens is 2. The van der Waals surface area contributed by atoms with Crippen LogP contribution < -0.4 is 5.32 Å². The molecule has 1 aromatic heterocycles. The number of anilines is 1. The van der Waals surface area contributed by atoms with Gasteiger partial charge in [0.25, 0.3) is 5.91 Å². The van der Waals surface area contributed by atoms with Gasteiger partial charge in [0.2, 0.25) is 5.28 Å². The van der Waals surface area contributed by atoms with Crippen LogP contribution in [0.2, 0.25) is 10.4 Å². The molecule has 82 valence electrons. The van der Waals surface area contributed by atoms with Crippen LogP contribution in [0.1, 0.15) is 6.92 Å². The molecule has 0 bridgehead atoms. The lowest BCUT2D eigenvalue weighted by atomic mass is 10.5. The van der Waals surface area contributed by atoms with Crippen molar-refractivity contribution >= 4 is 34.9 Å². The van der Waals surface area contributed by atoms with Crippen LogP contribution in [0.5, 0.6) is 0 Å². The third-order valence-corrected chi connectivity index (χ3v) is 1.74. The van der Waals surface area contributed by atoms with E-state index < -0.39 is 0 Å². The van der Waals surface area contributed by atoms with Crippen molar-refractivity contribution in [3.8, 4) is 0 Å². The number of nitrogens with zero attached hydrogens (tertiary/aromatic N) is 2. The number of hydrogen-bond donors (Lipinski definition) is 1. The first kappa shape index (κ1) is 12.2. The van der Waals surface area contributed by atoms with E-state index in [9.17, 15) is 4.79 Å². The van der Waals surface area contributed by atoms with Crippen molar-refractivity contribution < 1.29 is 9.53 Å². The van der Waals surface area contributed by atoms with Crippen LogP contribution in [0.25, 0.3) is 0 Å². The Labute approximate surface area is 96.8 Å². The number of ether oxygens (including phenoxy) is 1. The summed E-state index contributed by atoms with van der Waals surface area (Å²) in [6.07, 6.45) is 0. The smallest absolute Gasteiger partial charge is 0.251 e. The average molecular weight is 250 g/mol. The Morgan fingerprint density at radius 2 is 2.27 bits per heavy atom. The monoisotopic (exact) mass is 249 g/mol. The zero-order chi connectivity index (χ0) is 11.3. The molecule has 0 aliphatic carbocycles. The Kier molecular flexibility index (Phi) is 4.74. The Morgan fingerprint density at radius 1 is 1.53 bits per heavy atom. The van der Waals surface area contributed by atoms with Gasteiger partial charge in [0.15, 0.2) is 0 Å². The molecule has 7 heteroatoms. The molecule has 0 saturated heterocycles. The lowest BCUT2D eigenvalue weighted by Crippen LogP contribution is -2.19. The molecule has 0 spiro atoms. The van der Waals surface area contributed by atoms with E-state index >= 15 is 0 Å². The van der Waals surface area contributed by atoms with Crippen molar-refractivity contribution in [3.05, 3.63) is 16.5 Å². The number of carbonyl (C=O) groups is 1. The van der Waals surface area contributed by atoms with Gasteiger partial charge in [-0.1, -0.05) is 11.6 Å². The van der Waals surface area contributed by atoms with Gasteiger partial charge in [-0.15, -0.1) is 0 Å². The summed E-state index contributed by atoms with van der Waals surface area (Å²) in [7, 11) is 0. The predicted octanol–water partition coefficient (Wildman–Crippen LogP) is 1.76. The number of nitrogens with one attached hydrogen (secondary N) is 1. The third-order valence-electron chi connectivity index (χ3n) is 1.37. The van der Waals surface area contributed by atoms with Gasteiger partial charge in [-0.3, -0.25) is 4.79 Å². The summed E-state index contributed by atoms with van der Waals surface area (Å²) in [4.78, 5) is 18.6. The summed E-state index contributed by atoms with van der Waals surface area (Å²) in [6.45, 7) is 2.24. The van der Waals surface area contributed by atoms with Gasteiger partial charge < -0.3 is 10.1 Å². The molecule has 1 amide bonds. The van der Waals surface area contributed by atoms with Gasteiger partial charge in [-0.25, -0.2) is 9.97 Å². The SMILES string of the molecule is CCOCC(=O)Nc1cc(Cl)nc(Cl)n1. The zero-order valence-corrected chi connectivity index (χ0v) is 9.47. The van der Waals surface area contributed by atoms with Gasteiger partial charge >= 0.3 is 0 Å². The van der Waals surface area contributed by atoms with E-state index in [4.69, 9.17) is 27.9 Å². The molecule has 0 aliphatic heterocycles. The Balaban J connectivity index is 2.60. The van der Waals surface area contributed by atoms with E-state index in [1.165, 1.54) is 6.07 Å². The largest absolute Gasteiger partial charge is 0.372 e. The molecule has 5 nitrogen and oxygen atoms in total. The zero-order valence-electron chi connectivity index (χ0n) is 7.96. The lowest BCUT2D eigenvalue weighted by molar-refractivity contribution is -0.120. The molecule has 0 radical (unpaired) electrons. The minimum Gasteiger partial charge on any atom is -0.372 e. The highest BCUT2D eigenvalue weighted by atomic mass is 35.5. The van der Waals surface area contributed by atoms with E-state index in [1.54, 1.807) is 6.92 Å². The quantitative estimate of drug-likeness (QED) is 0.653. The Hall–Kier alpha value is -0.910. The number of hydrogen-bond acceptors (Lipinski definition) is 4. The second-order valence-corrected chi connectivity index (χ2v) is 3.26. The number of carbonyl (C=O) groups excluding carboxylic acids is 1. The fourth-order valence-corrected chi connectivity index (χ4v) is 1.24. The first-order chi connectivity index (χ1) is 7.11. The molecule has 0 unspecified atom stereocenters. The molecule has 1 heterocycles. The summed E-state index contributed by atoms with van der Waals surface area (Å²) < 4.78 is 4.91. The number of amides is 1. The Morgan fingerprint density at radius 3 is 2.87 bits per heavy atom. The molecule has 0 saturated carbocycles. The minimum absolute atomic E-state index is 0.0193. The van der Waals surface area contributed by atoms with E-state index in [0.717, 1.165) is 0 Å². The predicted molar refractivity (Wildman–Crippen MR) is 57.2 cm³/mol. The van der Waals surface area contributed by atoms with Crippen LogP contribution in [-0.4, -0.2) is 29.1 Å². The normalized spacial score (nSPS) is 10.1. The summed E-state index contributed by atoms with van der Waals surface area (Å²) in [5, 5.41) is 2.62. The molecule has 0 aromatic carbocycles. The van der Waals surface area contributed by atoms with Crippen LogP contribution >= 0.6 is 23.2 Å². The van der Waals surface area contributed by atoms with E-state index in [2.05, 4.69) is 15.3 Å². The van der Waals surface area contributed by atoms with Gasteiger partial charge in [0.1, 0.15) is 17.6 Å².